The predicted molar refractivity (Wildman–Crippen MR) is 116 cm³/mol. The molecular formula is C24H28ClN3. The molecule has 3 rings (SSSR count). The van der Waals surface area contributed by atoms with Gasteiger partial charge in [0.25, 0.3) is 0 Å². The highest BCUT2D eigenvalue weighted by Gasteiger charge is 2.07. The molecule has 0 aliphatic carbocycles. The summed E-state index contributed by atoms with van der Waals surface area (Å²) in [6, 6.07) is 26.1. The number of nitrogens with one attached hydrogen (secondary N) is 1. The van der Waals surface area contributed by atoms with Gasteiger partial charge in [0.1, 0.15) is 0 Å². The number of quaternary nitrogens is 1. The molecule has 0 bridgehead atoms. The Labute approximate surface area is 173 Å². The lowest BCUT2D eigenvalue weighted by atomic mass is 9.95. The average molecular weight is 394 g/mol. The van der Waals surface area contributed by atoms with Crippen molar-refractivity contribution in [2.45, 2.75) is 0 Å². The second-order valence-corrected chi connectivity index (χ2v) is 6.77. The van der Waals surface area contributed by atoms with E-state index in [9.17, 15) is 0 Å². The van der Waals surface area contributed by atoms with Gasteiger partial charge in [-0.25, -0.2) is 0 Å². The van der Waals surface area contributed by atoms with Crippen molar-refractivity contribution in [2.75, 3.05) is 38.4 Å². The Morgan fingerprint density at radius 3 is 1.82 bits per heavy atom. The third kappa shape index (κ3) is 4.94. The van der Waals surface area contributed by atoms with Crippen molar-refractivity contribution in [3.8, 4) is 0 Å². The zero-order valence-corrected chi connectivity index (χ0v) is 17.7. The third-order valence-electron chi connectivity index (χ3n) is 4.69. The lowest BCUT2D eigenvalue weighted by Gasteiger charge is -2.15. The summed E-state index contributed by atoms with van der Waals surface area (Å²) < 4.78 is 0. The van der Waals surface area contributed by atoms with Gasteiger partial charge in [-0.2, -0.15) is 0 Å². The van der Waals surface area contributed by atoms with Crippen molar-refractivity contribution >= 4 is 23.1 Å². The first-order valence-corrected chi connectivity index (χ1v) is 9.28. The van der Waals surface area contributed by atoms with Crippen LogP contribution in [0.25, 0.3) is 11.8 Å². The number of anilines is 2. The third-order valence-corrected chi connectivity index (χ3v) is 4.69. The number of benzene rings is 3. The van der Waals surface area contributed by atoms with Gasteiger partial charge in [0.05, 0.1) is 13.2 Å². The first-order valence-electron chi connectivity index (χ1n) is 9.28. The number of halogens is 1. The second-order valence-electron chi connectivity index (χ2n) is 6.77. The number of hydrogen-bond donors (Lipinski definition) is 2. The molecule has 4 heteroatoms. The van der Waals surface area contributed by atoms with Crippen LogP contribution in [0.5, 0.6) is 0 Å². The SMILES string of the molecule is CNc1ccc(C(c2ccc(N(C)C)cc2)=c2ccc(=C[NH2+]C)cc2)cc1.[Cl-]. The molecule has 0 amide bonds. The molecule has 0 aliphatic heterocycles. The van der Waals surface area contributed by atoms with Crippen LogP contribution in [0.4, 0.5) is 11.4 Å². The molecule has 0 heterocycles. The maximum atomic E-state index is 3.19. The smallest absolute Gasteiger partial charge is 0.0996 e. The summed E-state index contributed by atoms with van der Waals surface area (Å²) in [4.78, 5) is 2.12. The largest absolute Gasteiger partial charge is 1.00 e. The molecule has 0 atom stereocenters. The van der Waals surface area contributed by atoms with Gasteiger partial charge in [0.2, 0.25) is 0 Å². The van der Waals surface area contributed by atoms with E-state index in [1.807, 2.05) is 14.1 Å². The van der Waals surface area contributed by atoms with Gasteiger partial charge in [-0.05, 0) is 58.3 Å². The number of nitrogens with zero attached hydrogens (tertiary/aromatic N) is 1. The van der Waals surface area contributed by atoms with Crippen LogP contribution in [0.2, 0.25) is 0 Å². The van der Waals surface area contributed by atoms with Gasteiger partial charge < -0.3 is 27.9 Å². The molecule has 0 saturated heterocycles. The molecule has 28 heavy (non-hydrogen) atoms. The first kappa shape index (κ1) is 21.5. The molecule has 146 valence electrons. The van der Waals surface area contributed by atoms with Gasteiger partial charge in [0.15, 0.2) is 0 Å². The van der Waals surface area contributed by atoms with Crippen molar-refractivity contribution in [2.24, 2.45) is 0 Å². The molecule has 0 spiro atoms. The van der Waals surface area contributed by atoms with Crippen molar-refractivity contribution in [1.82, 2.24) is 0 Å². The lowest BCUT2D eigenvalue weighted by Crippen LogP contribution is -3.00. The molecule has 0 radical (unpaired) electrons. The van der Waals surface area contributed by atoms with Crippen LogP contribution >= 0.6 is 0 Å². The zero-order valence-electron chi connectivity index (χ0n) is 16.9. The summed E-state index contributed by atoms with van der Waals surface area (Å²) >= 11 is 0. The van der Waals surface area contributed by atoms with Gasteiger partial charge >= 0.3 is 0 Å². The van der Waals surface area contributed by atoms with E-state index in [-0.39, 0.29) is 12.4 Å². The van der Waals surface area contributed by atoms with Crippen LogP contribution in [0, 0.1) is 0 Å². The molecule has 3 aromatic rings. The van der Waals surface area contributed by atoms with Gasteiger partial charge in [-0.3, -0.25) is 0 Å². The standard InChI is InChI=1S/C24H27N3.ClH/c1-25-17-18-5-7-19(8-6-18)24(20-9-13-22(26-2)14-10-20)21-11-15-23(16-12-21)27(3)4;/h5-17,25-26H,1-4H3;1H. The minimum atomic E-state index is 0. The summed E-state index contributed by atoms with van der Waals surface area (Å²) in [7, 11) is 8.12. The fourth-order valence-electron chi connectivity index (χ4n) is 3.18. The minimum absolute atomic E-state index is 0. The molecule has 3 nitrogen and oxygen atoms in total. The van der Waals surface area contributed by atoms with E-state index >= 15 is 0 Å². The second kappa shape index (κ2) is 9.98. The average Bonchev–Trinajstić information content (AvgIpc) is 2.70. The molecule has 3 N–H and O–H groups in total. The summed E-state index contributed by atoms with van der Waals surface area (Å²) in [5.41, 5.74) is 5.99. The maximum Gasteiger partial charge on any atom is 0.0996 e. The zero-order chi connectivity index (χ0) is 19.2. The fourth-order valence-corrected chi connectivity index (χ4v) is 3.18. The highest BCUT2D eigenvalue weighted by molar-refractivity contribution is 5.80. The topological polar surface area (TPSA) is 31.9 Å². The highest BCUT2D eigenvalue weighted by atomic mass is 35.5. The van der Waals surface area contributed by atoms with Crippen molar-refractivity contribution < 1.29 is 17.7 Å². The first-order chi connectivity index (χ1) is 13.1. The molecule has 0 aliphatic rings. The summed E-state index contributed by atoms with van der Waals surface area (Å²) in [6.07, 6.45) is 2.12. The summed E-state index contributed by atoms with van der Waals surface area (Å²) in [5.74, 6) is 0. The van der Waals surface area contributed by atoms with Crippen molar-refractivity contribution in [3.05, 3.63) is 94.4 Å². The molecule has 0 unspecified atom stereocenters. The van der Waals surface area contributed by atoms with Crippen molar-refractivity contribution in [1.29, 1.82) is 0 Å². The highest BCUT2D eigenvalue weighted by Crippen LogP contribution is 2.24. The Bertz CT molecular complexity index is 984. The predicted octanol–water partition coefficient (Wildman–Crippen LogP) is -1.02. The van der Waals surface area contributed by atoms with E-state index in [0.717, 1.165) is 5.69 Å². The van der Waals surface area contributed by atoms with E-state index in [1.54, 1.807) is 0 Å². The minimum Gasteiger partial charge on any atom is -1.00 e. The Kier molecular flexibility index (Phi) is 7.68. The van der Waals surface area contributed by atoms with E-state index in [1.165, 1.54) is 32.8 Å². The fraction of sp³-hybridized carbons (Fsp3) is 0.167. The molecule has 0 aromatic heterocycles. The monoisotopic (exact) mass is 393 g/mol. The summed E-state index contributed by atoms with van der Waals surface area (Å²) in [5, 5.41) is 7.69. The van der Waals surface area contributed by atoms with Crippen LogP contribution in [0.1, 0.15) is 11.1 Å². The van der Waals surface area contributed by atoms with Crippen LogP contribution in [0.15, 0.2) is 72.8 Å². The number of rotatable bonds is 5. The van der Waals surface area contributed by atoms with Gasteiger partial charge in [0, 0.05) is 37.7 Å². The van der Waals surface area contributed by atoms with Gasteiger partial charge in [-0.1, -0.05) is 36.4 Å². The van der Waals surface area contributed by atoms with E-state index < -0.39 is 0 Å². The van der Waals surface area contributed by atoms with E-state index in [4.69, 9.17) is 0 Å². The van der Waals surface area contributed by atoms with E-state index in [2.05, 4.69) is 109 Å². The molecule has 0 fully saturated rings. The Balaban J connectivity index is 0.00000280. The number of nitrogens with two attached hydrogens (primary N) is 1. The normalized spacial score (nSPS) is 10.0. The van der Waals surface area contributed by atoms with Crippen LogP contribution < -0.4 is 38.4 Å². The quantitative estimate of drug-likeness (QED) is 0.581. The van der Waals surface area contributed by atoms with Crippen molar-refractivity contribution in [3.63, 3.8) is 0 Å². The Hall–Kier alpha value is -2.75. The van der Waals surface area contributed by atoms with Crippen LogP contribution in [0.3, 0.4) is 0 Å². The molecule has 0 saturated carbocycles. The molecule has 3 aromatic carbocycles. The maximum absolute atomic E-state index is 3.19. The number of hydrogen-bond acceptors (Lipinski definition) is 2. The van der Waals surface area contributed by atoms with Crippen LogP contribution in [-0.4, -0.2) is 28.2 Å². The Morgan fingerprint density at radius 1 is 0.821 bits per heavy atom. The van der Waals surface area contributed by atoms with Gasteiger partial charge in [-0.15, -0.1) is 0 Å². The van der Waals surface area contributed by atoms with Crippen LogP contribution in [-0.2, 0) is 0 Å². The lowest BCUT2D eigenvalue weighted by molar-refractivity contribution is -0.519. The molecular weight excluding hydrogens is 366 g/mol. The summed E-state index contributed by atoms with van der Waals surface area (Å²) in [6.45, 7) is 0. The Morgan fingerprint density at radius 2 is 1.36 bits per heavy atom. The van der Waals surface area contributed by atoms with E-state index in [0.29, 0.717) is 0 Å².